The second-order valence-electron chi connectivity index (χ2n) is 24.6. The Morgan fingerprint density at radius 2 is 1.21 bits per heavy atom. The van der Waals surface area contributed by atoms with Crippen LogP contribution in [0.3, 0.4) is 0 Å². The molecule has 0 aliphatic carbocycles. The van der Waals surface area contributed by atoms with Crippen molar-refractivity contribution in [2.45, 2.75) is 186 Å². The van der Waals surface area contributed by atoms with Crippen molar-refractivity contribution < 1.29 is 128 Å². The van der Waals surface area contributed by atoms with E-state index in [-0.39, 0.29) is 36.2 Å². The van der Waals surface area contributed by atoms with Crippen molar-refractivity contribution in [2.75, 3.05) is 46.1 Å². The van der Waals surface area contributed by atoms with E-state index in [4.69, 9.17) is 39.9 Å². The van der Waals surface area contributed by atoms with E-state index in [1.54, 1.807) is 51.1 Å². The molecule has 8 rings (SSSR count). The number of aliphatic imine (C=N–C) groups is 2. The fourth-order valence-electron chi connectivity index (χ4n) is 11.9. The highest BCUT2D eigenvalue weighted by atomic mass is 16.7. The summed E-state index contributed by atoms with van der Waals surface area (Å²) in [5.41, 5.74) is 12.8. The number of esters is 1. The summed E-state index contributed by atoms with van der Waals surface area (Å²) in [7, 11) is 0. The summed E-state index contributed by atoms with van der Waals surface area (Å²) in [4.78, 5) is 109. The van der Waals surface area contributed by atoms with E-state index in [0.29, 0.717) is 5.56 Å². The van der Waals surface area contributed by atoms with Crippen LogP contribution in [0.1, 0.15) is 44.2 Å². The highest BCUT2D eigenvalue weighted by molar-refractivity contribution is 5.98. The molecule has 4 fully saturated rings. The fraction of sp³-hybridized carbons (Fsp3) is 0.644. The third-order valence-electron chi connectivity index (χ3n) is 17.3. The van der Waals surface area contributed by atoms with Crippen molar-refractivity contribution in [1.82, 2.24) is 42.1 Å². The van der Waals surface area contributed by atoms with Crippen LogP contribution >= 0.6 is 0 Å². The van der Waals surface area contributed by atoms with Gasteiger partial charge in [0.25, 0.3) is 0 Å². The molecule has 38 heteroatoms. The minimum Gasteiger partial charge on any atom is -0.462 e. The number of hydrogen-bond acceptors (Lipinski definition) is 32. The molecule has 0 spiro atoms. The molecule has 6 heterocycles. The lowest BCUT2D eigenvalue weighted by Crippen LogP contribution is -2.70. The average Bonchev–Trinajstić information content (AvgIpc) is 1.77. The maximum absolute atomic E-state index is 15.2. The van der Waals surface area contributed by atoms with Crippen LogP contribution in [-0.2, 0) is 63.7 Å². The van der Waals surface area contributed by atoms with Crippen LogP contribution in [-0.4, -0.2) is 317 Å². The van der Waals surface area contributed by atoms with Crippen LogP contribution in [0.15, 0.2) is 64.6 Å². The monoisotopic (exact) mass is 1380 g/mol. The molecule has 6 aliphatic rings. The molecule has 4 saturated heterocycles. The van der Waals surface area contributed by atoms with Gasteiger partial charge in [-0.25, -0.2) is 0 Å². The number of amides is 6. The molecule has 0 bridgehead atoms. The van der Waals surface area contributed by atoms with Crippen LogP contribution in [0.5, 0.6) is 5.75 Å². The van der Waals surface area contributed by atoms with Gasteiger partial charge < -0.3 is 148 Å². The molecule has 6 aliphatic heterocycles. The Morgan fingerprint density at radius 1 is 0.598 bits per heavy atom. The standard InChI is InChI=1S/C59H86N12O26/c1-22(2)13-35(77)96-49-42(81)32(20-74)94-57(47(49)86)97-48-33(21-75)95-56(46(85)44(48)83)92-26-11-9-24(10-12-26)14-27-51(88)69-37(39(78)28-15-63-58(60)67-28)54(91)70-38(40(79)30-16-64-59(61)71(30)55-45(84)43(82)41(80)31(19-73)93-55)53(90)66-29(18-72)50(87)62-17-34(76)68-36(52(89)65-27)23(3)25-7-5-4-6-8-25/h4-12,22-23,27-33,36-49,55-57,72-75,78-86H,13-21H2,1-3H3,(H2,61,64)(H,62,87)(H,65,89)(H,66,90)(H,68,76)(H,69,88)(H,70,91)(H3,60,63,67)/t23?,27?,28?,29?,30?,31-,32+,33-,36?,37?,38?,39?,40?,41-,42+,43+,44?,45+,46?,47-,48-,49-,55+,56+,57+/m1/s1. The van der Waals surface area contributed by atoms with Crippen LogP contribution in [0.4, 0.5) is 0 Å². The minimum atomic E-state index is -2.35. The first kappa shape index (κ1) is 75.2. The maximum atomic E-state index is 15.2. The molecule has 0 saturated carbocycles. The molecular formula is C59H86N12O26. The molecule has 0 radical (unpaired) electrons. The number of ether oxygens (including phenoxy) is 6. The van der Waals surface area contributed by atoms with Crippen LogP contribution < -0.4 is 53.4 Å². The smallest absolute Gasteiger partial charge is 0.306 e. The van der Waals surface area contributed by atoms with Crippen LogP contribution in [0.2, 0.25) is 0 Å². The first-order valence-corrected chi connectivity index (χ1v) is 31.2. The SMILES string of the molecule is CC(C)CC(=O)O[C@@H]1[C@@H](O)[C@H](CO)O[C@@H](O[C@H]2C(O)C(O)[C@@H](Oc3ccc(CC4NC(=O)C(C(C)c5ccccc5)NC(=O)CNC(=O)C(CO)NC(=O)C(C(O)C5CN=C(N)N5[C@H]5O[C@H](CO)[C@@H](O)[C@H](O)[C@@H]5O)NC(=O)C(C(O)C5CN=C(N)N5)NC4=O)cc3)O[C@@H]2CO)[C@@H]1O. The molecule has 24 N–H and O–H groups in total. The third-order valence-corrected chi connectivity index (χ3v) is 17.3. The Morgan fingerprint density at radius 3 is 1.84 bits per heavy atom. The Hall–Kier alpha value is -7.61. The van der Waals surface area contributed by atoms with Gasteiger partial charge in [0.15, 0.2) is 30.5 Å². The van der Waals surface area contributed by atoms with E-state index in [9.17, 15) is 90.4 Å². The first-order valence-electron chi connectivity index (χ1n) is 31.2. The van der Waals surface area contributed by atoms with Crippen molar-refractivity contribution >= 4 is 53.3 Å². The topological polar surface area (TPSA) is 602 Å². The highest BCUT2D eigenvalue weighted by Gasteiger charge is 2.55. The molecule has 2 aromatic rings. The molecule has 25 atom stereocenters. The summed E-state index contributed by atoms with van der Waals surface area (Å²) < 4.78 is 34.1. The maximum Gasteiger partial charge on any atom is 0.306 e. The Labute approximate surface area is 553 Å². The fourth-order valence-corrected chi connectivity index (χ4v) is 11.9. The van der Waals surface area contributed by atoms with E-state index in [0.717, 1.165) is 4.90 Å². The van der Waals surface area contributed by atoms with Crippen molar-refractivity contribution in [1.29, 1.82) is 0 Å². The number of benzene rings is 2. The van der Waals surface area contributed by atoms with Gasteiger partial charge in [-0.3, -0.25) is 43.5 Å². The number of carbonyl (C=O) groups excluding carboxylic acids is 7. The zero-order valence-electron chi connectivity index (χ0n) is 52.7. The molecule has 0 aromatic heterocycles. The molecule has 538 valence electrons. The number of rotatable bonds is 20. The number of carbonyl (C=O) groups is 7. The van der Waals surface area contributed by atoms with E-state index < -0.39 is 246 Å². The van der Waals surface area contributed by atoms with E-state index in [1.165, 1.54) is 24.3 Å². The van der Waals surface area contributed by atoms with Crippen molar-refractivity contribution in [3.05, 3.63) is 65.7 Å². The second-order valence-corrected chi connectivity index (χ2v) is 24.6. The number of aliphatic hydroxyl groups excluding tert-OH is 13. The predicted octanol–water partition coefficient (Wildman–Crippen LogP) is -12.0. The van der Waals surface area contributed by atoms with Crippen LogP contribution in [0, 0.1) is 5.92 Å². The lowest BCUT2D eigenvalue weighted by atomic mass is 9.92. The summed E-state index contributed by atoms with van der Waals surface area (Å²) in [5, 5.41) is 160. The van der Waals surface area contributed by atoms with Gasteiger partial charge >= 0.3 is 5.97 Å². The molecular weight excluding hydrogens is 1290 g/mol. The van der Waals surface area contributed by atoms with Crippen molar-refractivity contribution in [2.24, 2.45) is 27.4 Å². The largest absolute Gasteiger partial charge is 0.462 e. The van der Waals surface area contributed by atoms with Gasteiger partial charge in [-0.15, -0.1) is 0 Å². The predicted molar refractivity (Wildman–Crippen MR) is 326 cm³/mol. The lowest BCUT2D eigenvalue weighted by Gasteiger charge is -2.46. The van der Waals surface area contributed by atoms with Crippen molar-refractivity contribution in [3.63, 3.8) is 0 Å². The normalized spacial score (nSPS) is 35.9. The summed E-state index contributed by atoms with van der Waals surface area (Å²) in [6.07, 6.45) is -31.9. The summed E-state index contributed by atoms with van der Waals surface area (Å²) in [6.45, 7) is -0.601. The van der Waals surface area contributed by atoms with E-state index >= 15 is 9.59 Å². The second kappa shape index (κ2) is 33.3. The number of aliphatic hydroxyl groups is 13. The Bertz CT molecular complexity index is 3100. The van der Waals surface area contributed by atoms with Gasteiger partial charge in [0.2, 0.25) is 41.7 Å². The van der Waals surface area contributed by atoms with Gasteiger partial charge in [0.1, 0.15) is 115 Å². The van der Waals surface area contributed by atoms with Gasteiger partial charge in [0.05, 0.1) is 58.1 Å². The molecule has 38 nitrogen and oxygen atoms in total. The zero-order valence-corrected chi connectivity index (χ0v) is 52.7. The third kappa shape index (κ3) is 17.6. The minimum absolute atomic E-state index is 0.0858. The Kier molecular flexibility index (Phi) is 25.8. The van der Waals surface area contributed by atoms with Gasteiger partial charge in [-0.2, -0.15) is 0 Å². The zero-order chi connectivity index (χ0) is 70.9. The number of nitrogens with one attached hydrogen (secondary N) is 7. The molecule has 2 aromatic carbocycles. The number of hydrogen-bond donors (Lipinski definition) is 22. The van der Waals surface area contributed by atoms with Gasteiger partial charge in [-0.05, 0) is 29.2 Å². The van der Waals surface area contributed by atoms with E-state index in [2.05, 4.69) is 47.2 Å². The molecule has 12 unspecified atom stereocenters. The average molecular weight is 1380 g/mol. The highest BCUT2D eigenvalue weighted by Crippen LogP contribution is 2.33. The van der Waals surface area contributed by atoms with Gasteiger partial charge in [-0.1, -0.05) is 63.2 Å². The van der Waals surface area contributed by atoms with Crippen LogP contribution in [0.25, 0.3) is 0 Å². The summed E-state index contributed by atoms with van der Waals surface area (Å²) in [5.74, 6) is -10.0. The molecule has 97 heavy (non-hydrogen) atoms. The summed E-state index contributed by atoms with van der Waals surface area (Å²) in [6, 6.07) is 0.737. The number of guanidine groups is 2. The molecule has 6 amide bonds. The lowest BCUT2D eigenvalue weighted by molar-refractivity contribution is -0.353. The number of nitrogens with zero attached hydrogens (tertiary/aromatic N) is 3. The van der Waals surface area contributed by atoms with Gasteiger partial charge in [0, 0.05) is 18.8 Å². The van der Waals surface area contributed by atoms with E-state index in [1.807, 2.05) is 0 Å². The van der Waals surface area contributed by atoms with Crippen molar-refractivity contribution in [3.8, 4) is 5.75 Å². The number of nitrogens with two attached hydrogens (primary N) is 2. The first-order chi connectivity index (χ1) is 46.1. The Balaban J connectivity index is 1.09. The quantitative estimate of drug-likeness (QED) is 0.0547. The summed E-state index contributed by atoms with van der Waals surface area (Å²) >= 11 is 0.